The first-order valence-corrected chi connectivity index (χ1v) is 9.39. The lowest BCUT2D eigenvalue weighted by atomic mass is 10.1. The van der Waals surface area contributed by atoms with Crippen LogP contribution in [0.2, 0.25) is 0 Å². The minimum atomic E-state index is -0.202. The van der Waals surface area contributed by atoms with Gasteiger partial charge in [-0.05, 0) is 43.0 Å². The van der Waals surface area contributed by atoms with Crippen LogP contribution >= 0.6 is 11.3 Å². The van der Waals surface area contributed by atoms with Crippen LogP contribution in [0.3, 0.4) is 0 Å². The fourth-order valence-corrected chi connectivity index (χ4v) is 2.77. The van der Waals surface area contributed by atoms with E-state index < -0.39 is 0 Å². The van der Waals surface area contributed by atoms with Crippen molar-refractivity contribution in [3.63, 3.8) is 0 Å². The van der Waals surface area contributed by atoms with Gasteiger partial charge in [0.1, 0.15) is 0 Å². The molecule has 0 aliphatic heterocycles. The molecule has 0 radical (unpaired) electrons. The van der Waals surface area contributed by atoms with E-state index in [4.69, 9.17) is 9.47 Å². The van der Waals surface area contributed by atoms with E-state index in [0.717, 1.165) is 22.7 Å². The van der Waals surface area contributed by atoms with E-state index in [1.54, 1.807) is 13.3 Å². The van der Waals surface area contributed by atoms with Crippen molar-refractivity contribution < 1.29 is 14.3 Å². The number of ether oxygens (including phenoxy) is 2. The van der Waals surface area contributed by atoms with Crippen molar-refractivity contribution in [3.8, 4) is 11.5 Å². The smallest absolute Gasteiger partial charge is 0.246 e. The average Bonchev–Trinajstić information content (AvgIpc) is 3.00. The highest BCUT2D eigenvalue weighted by molar-refractivity contribution is 7.09. The van der Waals surface area contributed by atoms with Gasteiger partial charge in [0.15, 0.2) is 11.5 Å². The maximum atomic E-state index is 11.9. The molecule has 7 heteroatoms. The zero-order chi connectivity index (χ0) is 18.9. The SMILES string of the molecule is COc1cc(C=NNC(=O)Cc2csc(C)n2)ccc1OCCC(C)C. The predicted octanol–water partition coefficient (Wildman–Crippen LogP) is 3.58. The highest BCUT2D eigenvalue weighted by Gasteiger charge is 2.07. The number of nitrogens with one attached hydrogen (secondary N) is 1. The Morgan fingerprint density at radius 2 is 2.19 bits per heavy atom. The fourth-order valence-electron chi connectivity index (χ4n) is 2.16. The van der Waals surface area contributed by atoms with Crippen LogP contribution in [0, 0.1) is 12.8 Å². The van der Waals surface area contributed by atoms with Crippen molar-refractivity contribution in [3.05, 3.63) is 39.8 Å². The van der Waals surface area contributed by atoms with E-state index in [2.05, 4.69) is 29.4 Å². The van der Waals surface area contributed by atoms with Crippen molar-refractivity contribution in [1.29, 1.82) is 0 Å². The van der Waals surface area contributed by atoms with Crippen LogP contribution in [0.15, 0.2) is 28.7 Å². The summed E-state index contributed by atoms with van der Waals surface area (Å²) in [5, 5.41) is 6.81. The predicted molar refractivity (Wildman–Crippen MR) is 104 cm³/mol. The number of aromatic nitrogens is 1. The van der Waals surface area contributed by atoms with Gasteiger partial charge in [-0.25, -0.2) is 10.4 Å². The van der Waals surface area contributed by atoms with Crippen molar-refractivity contribution in [2.24, 2.45) is 11.0 Å². The first kappa shape index (κ1) is 19.9. The largest absolute Gasteiger partial charge is 0.493 e. The number of carbonyl (C=O) groups excluding carboxylic acids is 1. The Morgan fingerprint density at radius 3 is 2.85 bits per heavy atom. The van der Waals surface area contributed by atoms with E-state index in [-0.39, 0.29) is 12.3 Å². The average molecular weight is 375 g/mol. The Bertz CT molecular complexity index is 756. The molecular weight excluding hydrogens is 350 g/mol. The number of benzene rings is 1. The Morgan fingerprint density at radius 1 is 1.38 bits per heavy atom. The topological polar surface area (TPSA) is 72.8 Å². The molecule has 0 unspecified atom stereocenters. The van der Waals surface area contributed by atoms with Crippen molar-refractivity contribution >= 4 is 23.5 Å². The molecule has 0 atom stereocenters. The summed E-state index contributed by atoms with van der Waals surface area (Å²) in [5.41, 5.74) is 4.07. The van der Waals surface area contributed by atoms with Gasteiger partial charge in [-0.1, -0.05) is 13.8 Å². The second kappa shape index (κ2) is 9.91. The van der Waals surface area contributed by atoms with Crippen molar-refractivity contribution in [2.45, 2.75) is 33.6 Å². The minimum absolute atomic E-state index is 0.202. The summed E-state index contributed by atoms with van der Waals surface area (Å²) in [6, 6.07) is 5.54. The van der Waals surface area contributed by atoms with Crippen LogP contribution in [-0.4, -0.2) is 30.8 Å². The summed E-state index contributed by atoms with van der Waals surface area (Å²) >= 11 is 1.52. The Balaban J connectivity index is 1.89. The standard InChI is InChI=1S/C19H25N3O3S/c1-13(2)7-8-25-17-6-5-15(9-18(17)24-4)11-20-22-19(23)10-16-12-26-14(3)21-16/h5-6,9,11-13H,7-8,10H2,1-4H3,(H,22,23). The van der Waals surface area contributed by atoms with Gasteiger partial charge in [-0.15, -0.1) is 11.3 Å². The minimum Gasteiger partial charge on any atom is -0.493 e. The molecule has 1 aromatic heterocycles. The van der Waals surface area contributed by atoms with Gasteiger partial charge >= 0.3 is 0 Å². The summed E-state index contributed by atoms with van der Waals surface area (Å²) < 4.78 is 11.1. The van der Waals surface area contributed by atoms with Crippen LogP contribution in [0.25, 0.3) is 0 Å². The molecule has 0 aliphatic carbocycles. The summed E-state index contributed by atoms with van der Waals surface area (Å²) in [7, 11) is 1.60. The molecule has 6 nitrogen and oxygen atoms in total. The third-order valence-corrected chi connectivity index (χ3v) is 4.37. The van der Waals surface area contributed by atoms with E-state index in [1.165, 1.54) is 11.3 Å². The number of amides is 1. The summed E-state index contributed by atoms with van der Waals surface area (Å²) in [6.45, 7) is 6.87. The molecule has 2 rings (SSSR count). The zero-order valence-corrected chi connectivity index (χ0v) is 16.4. The van der Waals surface area contributed by atoms with Crippen molar-refractivity contribution in [1.82, 2.24) is 10.4 Å². The Kier molecular flexibility index (Phi) is 7.59. The molecule has 1 aromatic carbocycles. The van der Waals surface area contributed by atoms with E-state index in [1.807, 2.05) is 30.5 Å². The van der Waals surface area contributed by atoms with Crippen LogP contribution in [-0.2, 0) is 11.2 Å². The molecule has 0 spiro atoms. The zero-order valence-electron chi connectivity index (χ0n) is 15.6. The highest BCUT2D eigenvalue weighted by atomic mass is 32.1. The second-order valence-electron chi connectivity index (χ2n) is 6.27. The molecule has 0 saturated carbocycles. The number of nitrogens with zero attached hydrogens (tertiary/aromatic N) is 2. The second-order valence-corrected chi connectivity index (χ2v) is 7.33. The first-order valence-electron chi connectivity index (χ1n) is 8.51. The summed E-state index contributed by atoms with van der Waals surface area (Å²) in [4.78, 5) is 16.1. The van der Waals surface area contributed by atoms with Crippen LogP contribution in [0.5, 0.6) is 11.5 Å². The maximum absolute atomic E-state index is 11.9. The van der Waals surface area contributed by atoms with Gasteiger partial charge in [0.25, 0.3) is 0 Å². The number of aryl methyl sites for hydroxylation is 1. The highest BCUT2D eigenvalue weighted by Crippen LogP contribution is 2.27. The molecule has 0 bridgehead atoms. The van der Waals surface area contributed by atoms with Crippen LogP contribution in [0.1, 0.15) is 36.5 Å². The summed E-state index contributed by atoms with van der Waals surface area (Å²) in [6.07, 6.45) is 2.77. The normalized spacial score (nSPS) is 11.1. The van der Waals surface area contributed by atoms with Crippen LogP contribution in [0.4, 0.5) is 0 Å². The maximum Gasteiger partial charge on any atom is 0.246 e. The number of carbonyl (C=O) groups is 1. The van der Waals surface area contributed by atoms with Gasteiger partial charge in [-0.2, -0.15) is 5.10 Å². The number of rotatable bonds is 9. The first-order chi connectivity index (χ1) is 12.5. The van der Waals surface area contributed by atoms with Gasteiger partial charge in [0.05, 0.1) is 37.1 Å². The van der Waals surface area contributed by atoms with Gasteiger partial charge in [-0.3, -0.25) is 4.79 Å². The molecule has 140 valence electrons. The molecule has 26 heavy (non-hydrogen) atoms. The Hall–Kier alpha value is -2.41. The number of hydrogen-bond donors (Lipinski definition) is 1. The number of hydrogen-bond acceptors (Lipinski definition) is 6. The van der Waals surface area contributed by atoms with E-state index >= 15 is 0 Å². The molecule has 0 aliphatic rings. The lowest BCUT2D eigenvalue weighted by molar-refractivity contribution is -0.120. The van der Waals surface area contributed by atoms with Gasteiger partial charge < -0.3 is 9.47 Å². The quantitative estimate of drug-likeness (QED) is 0.537. The molecule has 1 amide bonds. The van der Waals surface area contributed by atoms with Gasteiger partial charge in [0, 0.05) is 5.38 Å². The van der Waals surface area contributed by atoms with Crippen LogP contribution < -0.4 is 14.9 Å². The third-order valence-electron chi connectivity index (χ3n) is 3.55. The van der Waals surface area contributed by atoms with E-state index in [9.17, 15) is 4.79 Å². The molecule has 2 aromatic rings. The summed E-state index contributed by atoms with van der Waals surface area (Å²) in [5.74, 6) is 1.73. The number of methoxy groups -OCH3 is 1. The van der Waals surface area contributed by atoms with Gasteiger partial charge in [0.2, 0.25) is 5.91 Å². The third kappa shape index (κ3) is 6.48. The lowest BCUT2D eigenvalue weighted by Crippen LogP contribution is -2.19. The Labute approximate surface area is 158 Å². The molecule has 0 saturated heterocycles. The lowest BCUT2D eigenvalue weighted by Gasteiger charge is -2.12. The monoisotopic (exact) mass is 375 g/mol. The molecule has 1 heterocycles. The number of hydrazone groups is 1. The molecule has 1 N–H and O–H groups in total. The molecular formula is C19H25N3O3S. The van der Waals surface area contributed by atoms with Crippen molar-refractivity contribution in [2.75, 3.05) is 13.7 Å². The fraction of sp³-hybridized carbons (Fsp3) is 0.421. The van der Waals surface area contributed by atoms with E-state index in [0.29, 0.717) is 24.0 Å². The number of thiazole rings is 1. The molecule has 0 fully saturated rings.